The summed E-state index contributed by atoms with van der Waals surface area (Å²) < 4.78 is 5.62. The van der Waals surface area contributed by atoms with E-state index in [4.69, 9.17) is 4.74 Å². The largest absolute Gasteiger partial charge is 0.378 e. The van der Waals surface area contributed by atoms with Gasteiger partial charge in [-0.15, -0.1) is 0 Å². The molecule has 5 nitrogen and oxygen atoms in total. The third kappa shape index (κ3) is 2.94. The van der Waals surface area contributed by atoms with Crippen LogP contribution in [0.1, 0.15) is 37.8 Å². The molecule has 1 saturated heterocycles. The molecule has 1 aliphatic heterocycles. The number of aromatic amines is 2. The van der Waals surface area contributed by atoms with Crippen molar-refractivity contribution in [1.29, 1.82) is 0 Å². The van der Waals surface area contributed by atoms with E-state index in [9.17, 15) is 4.79 Å². The first-order valence-electron chi connectivity index (χ1n) is 7.29. The molecule has 0 saturated carbocycles. The second-order valence-electron chi connectivity index (χ2n) is 5.48. The zero-order valence-corrected chi connectivity index (χ0v) is 11.7. The van der Waals surface area contributed by atoms with Gasteiger partial charge in [0.2, 0.25) is 0 Å². The quantitative estimate of drug-likeness (QED) is 0.782. The zero-order chi connectivity index (χ0) is 13.9. The van der Waals surface area contributed by atoms with Crippen molar-refractivity contribution in [2.75, 3.05) is 13.2 Å². The highest BCUT2D eigenvalue weighted by atomic mass is 16.5. The molecule has 2 atom stereocenters. The van der Waals surface area contributed by atoms with Crippen LogP contribution in [-0.4, -0.2) is 29.2 Å². The molecule has 0 amide bonds. The van der Waals surface area contributed by atoms with Crippen molar-refractivity contribution in [2.45, 2.75) is 38.3 Å². The van der Waals surface area contributed by atoms with Gasteiger partial charge in [-0.1, -0.05) is 6.07 Å². The number of nitrogens with one attached hydrogen (secondary N) is 3. The molecule has 20 heavy (non-hydrogen) atoms. The van der Waals surface area contributed by atoms with Crippen molar-refractivity contribution in [1.82, 2.24) is 15.3 Å². The van der Waals surface area contributed by atoms with Crippen LogP contribution in [0.25, 0.3) is 11.0 Å². The highest BCUT2D eigenvalue weighted by Gasteiger charge is 2.15. The lowest BCUT2D eigenvalue weighted by Gasteiger charge is -2.16. The molecule has 2 aromatic rings. The van der Waals surface area contributed by atoms with Gasteiger partial charge in [0.05, 0.1) is 17.1 Å². The fourth-order valence-corrected chi connectivity index (χ4v) is 2.77. The summed E-state index contributed by atoms with van der Waals surface area (Å²) >= 11 is 0. The smallest absolute Gasteiger partial charge is 0.323 e. The molecule has 5 heteroatoms. The van der Waals surface area contributed by atoms with E-state index in [1.165, 1.54) is 18.4 Å². The van der Waals surface area contributed by atoms with Crippen LogP contribution in [0, 0.1) is 0 Å². The zero-order valence-electron chi connectivity index (χ0n) is 11.7. The van der Waals surface area contributed by atoms with Gasteiger partial charge < -0.3 is 20.0 Å². The van der Waals surface area contributed by atoms with Gasteiger partial charge >= 0.3 is 5.69 Å². The van der Waals surface area contributed by atoms with Crippen molar-refractivity contribution >= 4 is 11.0 Å². The van der Waals surface area contributed by atoms with E-state index in [2.05, 4.69) is 28.3 Å². The van der Waals surface area contributed by atoms with Crippen LogP contribution in [-0.2, 0) is 4.74 Å². The third-order valence-electron chi connectivity index (χ3n) is 3.98. The Morgan fingerprint density at radius 3 is 3.05 bits per heavy atom. The maximum Gasteiger partial charge on any atom is 0.323 e. The molecule has 1 aromatic carbocycles. The molecule has 3 N–H and O–H groups in total. The van der Waals surface area contributed by atoms with Gasteiger partial charge in [0.15, 0.2) is 0 Å². The summed E-state index contributed by atoms with van der Waals surface area (Å²) in [5.41, 5.74) is 2.74. The molecule has 3 rings (SSSR count). The number of fused-ring (bicyclic) bond motifs is 1. The predicted octanol–water partition coefficient (Wildman–Crippen LogP) is 2.08. The van der Waals surface area contributed by atoms with Crippen LogP contribution in [0.5, 0.6) is 0 Å². The summed E-state index contributed by atoms with van der Waals surface area (Å²) in [6.07, 6.45) is 3.87. The highest BCUT2D eigenvalue weighted by Crippen LogP contribution is 2.18. The molecule has 0 aliphatic carbocycles. The topological polar surface area (TPSA) is 69.9 Å². The molecular weight excluding hydrogens is 254 g/mol. The normalized spacial score (nSPS) is 20.6. The van der Waals surface area contributed by atoms with Crippen molar-refractivity contribution in [3.05, 3.63) is 34.2 Å². The van der Waals surface area contributed by atoms with Crippen LogP contribution < -0.4 is 11.0 Å². The number of rotatable bonds is 5. The second-order valence-corrected chi connectivity index (χ2v) is 5.48. The van der Waals surface area contributed by atoms with E-state index in [-0.39, 0.29) is 11.7 Å². The summed E-state index contributed by atoms with van der Waals surface area (Å²) in [5.74, 6) is 0. The number of benzene rings is 1. The fraction of sp³-hybridized carbons (Fsp3) is 0.533. The molecule has 1 aromatic heterocycles. The molecule has 2 heterocycles. The van der Waals surface area contributed by atoms with Crippen LogP contribution in [0.3, 0.4) is 0 Å². The number of aromatic nitrogens is 2. The first-order valence-corrected chi connectivity index (χ1v) is 7.29. The Balaban J connectivity index is 1.59. The molecule has 1 fully saturated rings. The van der Waals surface area contributed by atoms with E-state index in [0.717, 1.165) is 30.6 Å². The van der Waals surface area contributed by atoms with Gasteiger partial charge in [-0.2, -0.15) is 0 Å². The van der Waals surface area contributed by atoms with E-state index in [0.29, 0.717) is 6.10 Å². The minimum atomic E-state index is -0.156. The van der Waals surface area contributed by atoms with E-state index in [1.54, 1.807) is 0 Å². The lowest BCUT2D eigenvalue weighted by Crippen LogP contribution is -2.23. The minimum absolute atomic E-state index is 0.156. The monoisotopic (exact) mass is 275 g/mol. The van der Waals surface area contributed by atoms with Crippen LogP contribution in [0.2, 0.25) is 0 Å². The maximum atomic E-state index is 11.2. The van der Waals surface area contributed by atoms with Gasteiger partial charge in [-0.3, -0.25) is 0 Å². The van der Waals surface area contributed by atoms with Crippen LogP contribution in [0.15, 0.2) is 23.0 Å². The SMILES string of the molecule is CC(NCCC1CCCO1)c1ccc2[nH]c(=O)[nH]c2c1. The summed E-state index contributed by atoms with van der Waals surface area (Å²) in [4.78, 5) is 16.8. The van der Waals surface area contributed by atoms with Gasteiger partial charge in [0, 0.05) is 12.6 Å². The molecule has 0 bridgehead atoms. The van der Waals surface area contributed by atoms with Crippen molar-refractivity contribution in [2.24, 2.45) is 0 Å². The lowest BCUT2D eigenvalue weighted by molar-refractivity contribution is 0.103. The average Bonchev–Trinajstić information content (AvgIpc) is 3.05. The molecule has 0 spiro atoms. The van der Waals surface area contributed by atoms with Crippen LogP contribution >= 0.6 is 0 Å². The number of hydrogen-bond acceptors (Lipinski definition) is 3. The van der Waals surface area contributed by atoms with Crippen LogP contribution in [0.4, 0.5) is 0 Å². The molecule has 108 valence electrons. The first-order chi connectivity index (χ1) is 9.72. The van der Waals surface area contributed by atoms with Crippen molar-refractivity contribution in [3.63, 3.8) is 0 Å². The number of H-pyrrole nitrogens is 2. The summed E-state index contributed by atoms with van der Waals surface area (Å²) in [6.45, 7) is 4.01. The van der Waals surface area contributed by atoms with Gasteiger partial charge in [-0.05, 0) is 50.4 Å². The average molecular weight is 275 g/mol. The molecule has 2 unspecified atom stereocenters. The van der Waals surface area contributed by atoms with Gasteiger partial charge in [0.25, 0.3) is 0 Å². The van der Waals surface area contributed by atoms with E-state index >= 15 is 0 Å². The van der Waals surface area contributed by atoms with E-state index < -0.39 is 0 Å². The Hall–Kier alpha value is -1.59. The summed E-state index contributed by atoms with van der Waals surface area (Å²) in [7, 11) is 0. The standard InChI is InChI=1S/C15H21N3O2/c1-10(16-7-6-12-3-2-8-20-12)11-4-5-13-14(9-11)18-15(19)17-13/h4-5,9-10,12,16H,2-3,6-8H2,1H3,(H2,17,18,19). The lowest BCUT2D eigenvalue weighted by atomic mass is 10.1. The Kier molecular flexibility index (Phi) is 3.89. The Labute approximate surface area is 117 Å². The molecule has 1 aliphatic rings. The summed E-state index contributed by atoms with van der Waals surface area (Å²) in [6, 6.07) is 6.28. The Bertz CT molecular complexity index is 625. The van der Waals surface area contributed by atoms with Crippen molar-refractivity contribution in [3.8, 4) is 0 Å². The van der Waals surface area contributed by atoms with E-state index in [1.807, 2.05) is 12.1 Å². The Morgan fingerprint density at radius 1 is 1.40 bits per heavy atom. The van der Waals surface area contributed by atoms with Crippen molar-refractivity contribution < 1.29 is 4.74 Å². The molecule has 0 radical (unpaired) electrons. The minimum Gasteiger partial charge on any atom is -0.378 e. The summed E-state index contributed by atoms with van der Waals surface area (Å²) in [5, 5.41) is 3.52. The highest BCUT2D eigenvalue weighted by molar-refractivity contribution is 5.75. The molecular formula is C15H21N3O2. The van der Waals surface area contributed by atoms with Gasteiger partial charge in [-0.25, -0.2) is 4.79 Å². The second kappa shape index (κ2) is 5.81. The Morgan fingerprint density at radius 2 is 2.25 bits per heavy atom. The number of hydrogen-bond donors (Lipinski definition) is 3. The fourth-order valence-electron chi connectivity index (χ4n) is 2.77. The third-order valence-corrected chi connectivity index (χ3v) is 3.98. The van der Waals surface area contributed by atoms with Gasteiger partial charge in [0.1, 0.15) is 0 Å². The number of imidazole rings is 1. The first kappa shape index (κ1) is 13.4. The predicted molar refractivity (Wildman–Crippen MR) is 78.9 cm³/mol. The maximum absolute atomic E-state index is 11.2. The number of ether oxygens (including phenoxy) is 1.